The van der Waals surface area contributed by atoms with Crippen LogP contribution in [0.25, 0.3) is 6.08 Å². The first-order valence-corrected chi connectivity index (χ1v) is 6.74. The number of carboxylic acid groups (broad SMARTS) is 1. The summed E-state index contributed by atoms with van der Waals surface area (Å²) in [6.45, 7) is 2.18. The van der Waals surface area contributed by atoms with Crippen molar-refractivity contribution in [2.24, 2.45) is 0 Å². The van der Waals surface area contributed by atoms with E-state index in [2.05, 4.69) is 0 Å². The summed E-state index contributed by atoms with van der Waals surface area (Å²) in [6.07, 6.45) is 5.53. The zero-order valence-corrected chi connectivity index (χ0v) is 11.7. The van der Waals surface area contributed by atoms with E-state index in [-0.39, 0.29) is 18.8 Å². The molecule has 0 saturated carbocycles. The van der Waals surface area contributed by atoms with Gasteiger partial charge in [-0.15, -0.1) is 0 Å². The molecule has 0 aliphatic carbocycles. The van der Waals surface area contributed by atoms with E-state index in [1.807, 2.05) is 30.3 Å². The second-order valence-corrected chi connectivity index (χ2v) is 4.40. The van der Waals surface area contributed by atoms with Gasteiger partial charge in [0.2, 0.25) is 0 Å². The largest absolute Gasteiger partial charge is 0.481 e. The first-order valence-electron chi connectivity index (χ1n) is 6.74. The molecule has 0 radical (unpaired) electrons. The van der Waals surface area contributed by atoms with Crippen LogP contribution in [0.1, 0.15) is 37.3 Å². The third-order valence-electron chi connectivity index (χ3n) is 2.74. The number of aliphatic carboxylic acids is 1. The van der Waals surface area contributed by atoms with Crippen molar-refractivity contribution in [3.63, 3.8) is 0 Å². The normalized spacial score (nSPS) is 10.7. The van der Waals surface area contributed by atoms with Gasteiger partial charge in [-0.3, -0.25) is 9.59 Å². The number of ether oxygens (including phenoxy) is 1. The molecule has 0 spiro atoms. The maximum Gasteiger partial charge on any atom is 0.309 e. The van der Waals surface area contributed by atoms with Crippen molar-refractivity contribution in [1.29, 1.82) is 0 Å². The molecule has 0 heterocycles. The van der Waals surface area contributed by atoms with Gasteiger partial charge in [0.05, 0.1) is 13.0 Å². The summed E-state index contributed by atoms with van der Waals surface area (Å²) < 4.78 is 4.82. The number of hydrogen-bond donors (Lipinski definition) is 1. The van der Waals surface area contributed by atoms with Crippen LogP contribution in [0.4, 0.5) is 0 Å². The molecule has 0 aliphatic rings. The topological polar surface area (TPSA) is 63.6 Å². The second-order valence-electron chi connectivity index (χ2n) is 4.40. The first kappa shape index (κ1) is 16.0. The highest BCUT2D eigenvalue weighted by Gasteiger charge is 1.99. The van der Waals surface area contributed by atoms with Gasteiger partial charge in [0, 0.05) is 6.42 Å². The quantitative estimate of drug-likeness (QED) is 0.741. The summed E-state index contributed by atoms with van der Waals surface area (Å²) >= 11 is 0. The minimum absolute atomic E-state index is 0.196. The molecule has 1 aromatic rings. The molecule has 0 aliphatic heterocycles. The van der Waals surface area contributed by atoms with Gasteiger partial charge in [-0.1, -0.05) is 36.4 Å². The van der Waals surface area contributed by atoms with Gasteiger partial charge >= 0.3 is 11.9 Å². The second kappa shape index (κ2) is 8.91. The zero-order chi connectivity index (χ0) is 14.8. The Kier molecular flexibility index (Phi) is 7.11. The van der Waals surface area contributed by atoms with Crippen LogP contribution in [0, 0.1) is 0 Å². The van der Waals surface area contributed by atoms with Crippen LogP contribution in [0.5, 0.6) is 0 Å². The summed E-state index contributed by atoms with van der Waals surface area (Å²) in [7, 11) is 0. The molecule has 0 fully saturated rings. The van der Waals surface area contributed by atoms with Crippen molar-refractivity contribution in [1.82, 2.24) is 0 Å². The summed E-state index contributed by atoms with van der Waals surface area (Å²) in [5, 5.41) is 8.57. The van der Waals surface area contributed by atoms with Crippen molar-refractivity contribution in [3.8, 4) is 0 Å². The van der Waals surface area contributed by atoms with Gasteiger partial charge in [0.15, 0.2) is 0 Å². The summed E-state index contributed by atoms with van der Waals surface area (Å²) in [4.78, 5) is 21.6. The van der Waals surface area contributed by atoms with Gasteiger partial charge in [-0.25, -0.2) is 0 Å². The average molecular weight is 276 g/mol. The average Bonchev–Trinajstić information content (AvgIpc) is 2.40. The van der Waals surface area contributed by atoms with Crippen LogP contribution in [0.15, 0.2) is 30.3 Å². The van der Waals surface area contributed by atoms with Crippen LogP contribution < -0.4 is 0 Å². The fourth-order valence-electron chi connectivity index (χ4n) is 1.75. The van der Waals surface area contributed by atoms with E-state index in [0.29, 0.717) is 13.0 Å². The van der Waals surface area contributed by atoms with E-state index in [9.17, 15) is 9.59 Å². The molecular formula is C16H20O4. The Hall–Kier alpha value is -2.10. The standard InChI is InChI=1S/C16H20O4/c1-2-20-16(19)8-4-6-14-11-9-13(10-12-14)5-3-7-15(17)18/h4,6,9-12H,2-3,5,7-8H2,1H3,(H,17,18). The highest BCUT2D eigenvalue weighted by molar-refractivity contribution is 5.72. The number of aryl methyl sites for hydroxylation is 1. The fourth-order valence-corrected chi connectivity index (χ4v) is 1.75. The number of carboxylic acids is 1. The lowest BCUT2D eigenvalue weighted by Crippen LogP contribution is -2.01. The zero-order valence-electron chi connectivity index (χ0n) is 11.7. The minimum Gasteiger partial charge on any atom is -0.481 e. The maximum absolute atomic E-state index is 11.1. The fraction of sp³-hybridized carbons (Fsp3) is 0.375. The molecule has 0 aromatic heterocycles. The molecule has 1 N–H and O–H groups in total. The SMILES string of the molecule is CCOC(=O)CC=Cc1ccc(CCCC(=O)O)cc1. The van der Waals surface area contributed by atoms with E-state index < -0.39 is 5.97 Å². The number of carbonyl (C=O) groups excluding carboxylic acids is 1. The number of carbonyl (C=O) groups is 2. The molecule has 0 atom stereocenters. The Morgan fingerprint density at radius 2 is 1.95 bits per heavy atom. The molecule has 4 heteroatoms. The monoisotopic (exact) mass is 276 g/mol. The third-order valence-corrected chi connectivity index (χ3v) is 2.74. The summed E-state index contributed by atoms with van der Waals surface area (Å²) in [6, 6.07) is 7.87. The van der Waals surface area contributed by atoms with Crippen LogP contribution in [0.3, 0.4) is 0 Å². The Morgan fingerprint density at radius 3 is 2.55 bits per heavy atom. The van der Waals surface area contributed by atoms with Crippen LogP contribution in [-0.2, 0) is 20.7 Å². The highest BCUT2D eigenvalue weighted by Crippen LogP contribution is 2.09. The molecule has 20 heavy (non-hydrogen) atoms. The Balaban J connectivity index is 2.40. The molecule has 0 saturated heterocycles. The smallest absolute Gasteiger partial charge is 0.309 e. The Labute approximate surface area is 119 Å². The van der Waals surface area contributed by atoms with Gasteiger partial charge < -0.3 is 9.84 Å². The molecule has 0 amide bonds. The van der Waals surface area contributed by atoms with Crippen LogP contribution >= 0.6 is 0 Å². The van der Waals surface area contributed by atoms with E-state index in [0.717, 1.165) is 17.5 Å². The number of benzene rings is 1. The van der Waals surface area contributed by atoms with Gasteiger partial charge in [-0.2, -0.15) is 0 Å². The van der Waals surface area contributed by atoms with E-state index in [1.54, 1.807) is 13.0 Å². The third kappa shape index (κ3) is 6.73. The Morgan fingerprint density at radius 1 is 1.25 bits per heavy atom. The molecule has 1 rings (SSSR count). The molecule has 1 aromatic carbocycles. The van der Waals surface area contributed by atoms with Crippen molar-refractivity contribution >= 4 is 18.0 Å². The Bertz CT molecular complexity index is 460. The number of esters is 1. The van der Waals surface area contributed by atoms with Crippen molar-refractivity contribution in [2.45, 2.75) is 32.6 Å². The van der Waals surface area contributed by atoms with Gasteiger partial charge in [-0.05, 0) is 30.9 Å². The summed E-state index contributed by atoms with van der Waals surface area (Å²) in [5.74, 6) is -0.988. The molecular weight excluding hydrogens is 256 g/mol. The summed E-state index contributed by atoms with van der Waals surface area (Å²) in [5.41, 5.74) is 2.13. The first-order chi connectivity index (χ1) is 9.61. The van der Waals surface area contributed by atoms with Crippen molar-refractivity contribution in [3.05, 3.63) is 41.5 Å². The molecule has 4 nitrogen and oxygen atoms in total. The lowest BCUT2D eigenvalue weighted by molar-refractivity contribution is -0.142. The van der Waals surface area contributed by atoms with Crippen molar-refractivity contribution in [2.75, 3.05) is 6.61 Å². The van der Waals surface area contributed by atoms with E-state index in [1.165, 1.54) is 0 Å². The predicted octanol–water partition coefficient (Wildman–Crippen LogP) is 3.06. The number of hydrogen-bond acceptors (Lipinski definition) is 3. The highest BCUT2D eigenvalue weighted by atomic mass is 16.5. The number of rotatable bonds is 8. The van der Waals surface area contributed by atoms with Crippen molar-refractivity contribution < 1.29 is 19.4 Å². The van der Waals surface area contributed by atoms with E-state index >= 15 is 0 Å². The lowest BCUT2D eigenvalue weighted by Gasteiger charge is -2.01. The lowest BCUT2D eigenvalue weighted by atomic mass is 10.1. The molecule has 108 valence electrons. The maximum atomic E-state index is 11.1. The minimum atomic E-state index is -0.761. The molecule has 0 bridgehead atoms. The molecule has 0 unspecified atom stereocenters. The van der Waals surface area contributed by atoms with Gasteiger partial charge in [0.1, 0.15) is 0 Å². The van der Waals surface area contributed by atoms with E-state index in [4.69, 9.17) is 9.84 Å². The predicted molar refractivity (Wildman–Crippen MR) is 77.3 cm³/mol. The van der Waals surface area contributed by atoms with Crippen LogP contribution in [0.2, 0.25) is 0 Å². The van der Waals surface area contributed by atoms with Crippen LogP contribution in [-0.4, -0.2) is 23.7 Å². The van der Waals surface area contributed by atoms with Gasteiger partial charge in [0.25, 0.3) is 0 Å².